The van der Waals surface area contributed by atoms with Crippen LogP contribution in [0.2, 0.25) is 0 Å². The van der Waals surface area contributed by atoms with Crippen molar-refractivity contribution in [2.24, 2.45) is 28.5 Å². The number of aliphatic imine (C=N–C) groups is 1. The van der Waals surface area contributed by atoms with Crippen LogP contribution >= 0.6 is 0 Å². The topological polar surface area (TPSA) is 147 Å². The van der Waals surface area contributed by atoms with E-state index in [9.17, 15) is 13.2 Å². The average Bonchev–Trinajstić information content (AvgIpc) is 3.94. The van der Waals surface area contributed by atoms with Crippen molar-refractivity contribution in [1.82, 2.24) is 25.1 Å². The van der Waals surface area contributed by atoms with Gasteiger partial charge in [-0.1, -0.05) is 18.6 Å². The van der Waals surface area contributed by atoms with Crippen LogP contribution in [0.25, 0.3) is 0 Å². The second kappa shape index (κ2) is 15.6. The number of nitrogens with one attached hydrogen (secondary N) is 2. The van der Waals surface area contributed by atoms with Crippen LogP contribution in [-0.2, 0) is 39.6 Å². The van der Waals surface area contributed by atoms with E-state index in [1.54, 1.807) is 18.3 Å². The molecule has 3 aliphatic heterocycles. The molecule has 4 N–H and O–H groups in total. The summed E-state index contributed by atoms with van der Waals surface area (Å²) in [5, 5.41) is 6.50. The van der Waals surface area contributed by atoms with E-state index in [1.165, 1.54) is 26.4 Å². The fraction of sp³-hybridized carbons (Fsp3) is 0.513. The molecule has 7 rings (SSSR count). The second-order valence-corrected chi connectivity index (χ2v) is 16.9. The SMILES string of the molecule is CN=C/C(=C\N)S(=O)(=O)c1ccc(N2CC(CN3CCC([C@@](Cn4ccnc4)(c4cccc(F)c4)[C@H]4CCC[C@@H]4NC(=O)OC)CC3)C2)c2c1CNC2. The minimum absolute atomic E-state index is 0.00884. The lowest BCUT2D eigenvalue weighted by Crippen LogP contribution is -2.56. The molecule has 1 aromatic heterocycles. The number of allylic oxidation sites excluding steroid dienone is 1. The zero-order valence-corrected chi connectivity index (χ0v) is 31.4. The number of aromatic nitrogens is 2. The van der Waals surface area contributed by atoms with Gasteiger partial charge >= 0.3 is 6.09 Å². The van der Waals surface area contributed by atoms with Crippen LogP contribution in [0, 0.1) is 23.6 Å². The fourth-order valence-electron chi connectivity index (χ4n) is 9.75. The first kappa shape index (κ1) is 37.1. The highest BCUT2D eigenvalue weighted by Gasteiger charge is 2.52. The predicted octanol–water partition coefficient (Wildman–Crippen LogP) is 4.21. The molecular weight excluding hydrogens is 696 g/mol. The molecule has 4 heterocycles. The smallest absolute Gasteiger partial charge is 0.407 e. The van der Waals surface area contributed by atoms with Crippen LogP contribution in [0.3, 0.4) is 0 Å². The monoisotopic (exact) mass is 746 g/mol. The first-order chi connectivity index (χ1) is 25.7. The Morgan fingerprint density at radius 2 is 1.94 bits per heavy atom. The van der Waals surface area contributed by atoms with Gasteiger partial charge in [0, 0.05) is 94.2 Å². The summed E-state index contributed by atoms with van der Waals surface area (Å²) in [5.74, 6) is 0.600. The molecule has 14 heteroatoms. The Morgan fingerprint density at radius 3 is 2.64 bits per heavy atom. The third kappa shape index (κ3) is 7.20. The number of imidazole rings is 1. The molecule has 4 aliphatic rings. The van der Waals surface area contributed by atoms with Crippen molar-refractivity contribution in [1.29, 1.82) is 0 Å². The molecule has 3 fully saturated rings. The molecule has 1 saturated carbocycles. The number of rotatable bonds is 12. The van der Waals surface area contributed by atoms with Crippen LogP contribution in [0.15, 0.2) is 76.1 Å². The fourth-order valence-corrected chi connectivity index (χ4v) is 11.2. The first-order valence-electron chi connectivity index (χ1n) is 18.7. The number of hydrogen-bond donors (Lipinski definition) is 3. The lowest BCUT2D eigenvalue weighted by atomic mass is 9.58. The Hall–Kier alpha value is -4.27. The van der Waals surface area contributed by atoms with Crippen LogP contribution in [0.1, 0.15) is 48.8 Å². The number of methoxy groups -OCH3 is 1. The number of fused-ring (bicyclic) bond motifs is 1. The summed E-state index contributed by atoms with van der Waals surface area (Å²) in [5.41, 5.74) is 9.16. The molecule has 0 radical (unpaired) electrons. The summed E-state index contributed by atoms with van der Waals surface area (Å²) in [6, 6.07) is 10.7. The van der Waals surface area contributed by atoms with Crippen molar-refractivity contribution in [2.45, 2.75) is 68.1 Å². The molecule has 3 atom stereocenters. The number of benzene rings is 2. The van der Waals surface area contributed by atoms with Crippen LogP contribution in [0.4, 0.5) is 14.9 Å². The van der Waals surface area contributed by atoms with E-state index < -0.39 is 21.3 Å². The summed E-state index contributed by atoms with van der Waals surface area (Å²) < 4.78 is 49.1. The maximum Gasteiger partial charge on any atom is 0.407 e. The number of carbonyl (C=O) groups is 1. The molecule has 12 nitrogen and oxygen atoms in total. The number of ether oxygens (including phenoxy) is 1. The number of halogens is 1. The zero-order chi connectivity index (χ0) is 37.2. The molecule has 53 heavy (non-hydrogen) atoms. The molecule has 3 aromatic rings. The molecule has 2 saturated heterocycles. The van der Waals surface area contributed by atoms with Gasteiger partial charge in [0.25, 0.3) is 0 Å². The Kier molecular flexibility index (Phi) is 10.9. The van der Waals surface area contributed by atoms with Crippen LogP contribution in [0.5, 0.6) is 0 Å². The Labute approximate surface area is 311 Å². The van der Waals surface area contributed by atoms with Crippen molar-refractivity contribution in [2.75, 3.05) is 51.8 Å². The highest BCUT2D eigenvalue weighted by atomic mass is 32.2. The van der Waals surface area contributed by atoms with E-state index >= 15 is 4.39 Å². The van der Waals surface area contributed by atoms with Crippen molar-refractivity contribution < 1.29 is 22.3 Å². The van der Waals surface area contributed by atoms with E-state index in [1.807, 2.05) is 24.7 Å². The third-order valence-electron chi connectivity index (χ3n) is 12.1. The van der Waals surface area contributed by atoms with Crippen LogP contribution in [-0.4, -0.2) is 88.1 Å². The number of likely N-dealkylation sites (tertiary alicyclic amines) is 1. The molecule has 1 amide bonds. The van der Waals surface area contributed by atoms with Gasteiger partial charge in [0.05, 0.1) is 18.3 Å². The number of nitrogens with zero attached hydrogens (tertiary/aromatic N) is 5. The number of nitrogens with two attached hydrogens (primary N) is 1. The summed E-state index contributed by atoms with van der Waals surface area (Å²) in [6.07, 6.45) is 12.3. The standard InChI is InChI=1S/C39H51FN8O4S/c1-42-19-31(18-41)53(50,51)37-10-9-36(32-20-44-21-33(32)37)48-23-27(24-48)22-46-14-11-28(12-15-46)39(25-47-16-13-43-26-47,29-5-3-6-30(40)17-29)34-7-4-8-35(34)45-38(49)52-2/h3,5-6,9-10,13,16-19,26-28,34-35,44H,4,7-8,11-12,14-15,20-25,41H2,1-2H3,(H,45,49)/b31-18+,42-19?/t34-,35-,39-/m0/s1. The Morgan fingerprint density at radius 1 is 1.15 bits per heavy atom. The highest BCUT2D eigenvalue weighted by molar-refractivity contribution is 7.96. The maximum atomic E-state index is 15.1. The normalized spacial score (nSPS) is 22.8. The van der Waals surface area contributed by atoms with Crippen molar-refractivity contribution in [3.8, 4) is 0 Å². The number of amides is 1. The maximum absolute atomic E-state index is 15.1. The molecule has 284 valence electrons. The number of hydrogen-bond acceptors (Lipinski definition) is 10. The summed E-state index contributed by atoms with van der Waals surface area (Å²) in [6.45, 7) is 6.44. The number of piperidine rings is 1. The van der Waals surface area contributed by atoms with Gasteiger partial charge in [0.15, 0.2) is 0 Å². The number of carbonyl (C=O) groups excluding carboxylic acids is 1. The van der Waals surface area contributed by atoms with Gasteiger partial charge in [0.2, 0.25) is 9.84 Å². The van der Waals surface area contributed by atoms with Crippen molar-refractivity contribution in [3.05, 3.63) is 88.7 Å². The van der Waals surface area contributed by atoms with E-state index in [0.717, 1.165) is 93.4 Å². The van der Waals surface area contributed by atoms with Gasteiger partial charge < -0.3 is 35.5 Å². The summed E-state index contributed by atoms with van der Waals surface area (Å²) >= 11 is 0. The van der Waals surface area contributed by atoms with E-state index in [0.29, 0.717) is 25.6 Å². The summed E-state index contributed by atoms with van der Waals surface area (Å²) in [7, 11) is -0.867. The third-order valence-corrected chi connectivity index (χ3v) is 14.0. The van der Waals surface area contributed by atoms with Crippen LogP contribution < -0.4 is 21.3 Å². The average molecular weight is 747 g/mol. The van der Waals surface area contributed by atoms with Gasteiger partial charge in [-0.15, -0.1) is 0 Å². The Bertz CT molecular complexity index is 1940. The quantitative estimate of drug-likeness (QED) is 0.232. The van der Waals surface area contributed by atoms with Crippen molar-refractivity contribution >= 4 is 27.8 Å². The van der Waals surface area contributed by atoms with E-state index in [2.05, 4.69) is 41.0 Å². The highest BCUT2D eigenvalue weighted by Crippen LogP contribution is 2.52. The number of alkyl carbamates (subject to hydrolysis) is 1. The second-order valence-electron chi connectivity index (χ2n) is 15.0. The lowest BCUT2D eigenvalue weighted by Gasteiger charge is -2.51. The lowest BCUT2D eigenvalue weighted by molar-refractivity contribution is 0.0546. The van der Waals surface area contributed by atoms with E-state index in [-0.39, 0.29) is 33.5 Å². The van der Waals surface area contributed by atoms with Gasteiger partial charge in [-0.3, -0.25) is 4.99 Å². The molecule has 2 aromatic carbocycles. The zero-order valence-electron chi connectivity index (χ0n) is 30.6. The van der Waals surface area contributed by atoms with Gasteiger partial charge in [-0.05, 0) is 91.6 Å². The summed E-state index contributed by atoms with van der Waals surface area (Å²) in [4.78, 5) is 26.0. The molecule has 0 bridgehead atoms. The molecule has 1 aliphatic carbocycles. The van der Waals surface area contributed by atoms with Gasteiger partial charge in [-0.25, -0.2) is 22.6 Å². The van der Waals surface area contributed by atoms with Gasteiger partial charge in [0.1, 0.15) is 10.7 Å². The number of anilines is 1. The van der Waals surface area contributed by atoms with Crippen molar-refractivity contribution in [3.63, 3.8) is 0 Å². The predicted molar refractivity (Wildman–Crippen MR) is 203 cm³/mol. The number of sulfone groups is 1. The van der Waals surface area contributed by atoms with E-state index in [4.69, 9.17) is 10.5 Å². The molecular formula is C39H51FN8O4S. The minimum atomic E-state index is -3.79. The first-order valence-corrected chi connectivity index (χ1v) is 20.1. The molecule has 0 spiro atoms. The Balaban J connectivity index is 1.06. The largest absolute Gasteiger partial charge is 0.453 e. The molecule has 0 unspecified atom stereocenters. The minimum Gasteiger partial charge on any atom is -0.453 e. The van der Waals surface area contributed by atoms with Gasteiger partial charge in [-0.2, -0.15) is 0 Å².